The molecular formula is C23H20FN3OS. The van der Waals surface area contributed by atoms with Crippen LogP contribution in [-0.2, 0) is 12.2 Å². The van der Waals surface area contributed by atoms with Gasteiger partial charge in [-0.2, -0.15) is 0 Å². The molecule has 0 aliphatic carbocycles. The first kappa shape index (κ1) is 19.2. The number of hydrogen-bond acceptors (Lipinski definition) is 3. The van der Waals surface area contributed by atoms with E-state index in [1.54, 1.807) is 30.0 Å². The fourth-order valence-corrected chi connectivity index (χ4v) is 3.81. The minimum absolute atomic E-state index is 0.154. The van der Waals surface area contributed by atoms with Crippen molar-refractivity contribution in [2.75, 3.05) is 6.54 Å². The van der Waals surface area contributed by atoms with E-state index in [0.717, 1.165) is 22.0 Å². The molecule has 0 radical (unpaired) electrons. The number of amides is 1. The van der Waals surface area contributed by atoms with Crippen molar-refractivity contribution in [1.29, 1.82) is 0 Å². The van der Waals surface area contributed by atoms with Crippen molar-refractivity contribution in [3.05, 3.63) is 102 Å². The van der Waals surface area contributed by atoms with E-state index in [9.17, 15) is 9.18 Å². The lowest BCUT2D eigenvalue weighted by molar-refractivity contribution is 0.0954. The second-order valence-corrected chi connectivity index (χ2v) is 7.66. The van der Waals surface area contributed by atoms with Crippen LogP contribution in [0.2, 0.25) is 0 Å². The first-order valence-corrected chi connectivity index (χ1v) is 10.3. The maximum absolute atomic E-state index is 13.6. The van der Waals surface area contributed by atoms with Gasteiger partial charge in [0.15, 0.2) is 0 Å². The monoisotopic (exact) mass is 405 g/mol. The summed E-state index contributed by atoms with van der Waals surface area (Å²) in [6.45, 7) is 0.393. The van der Waals surface area contributed by atoms with E-state index in [1.807, 2.05) is 59.3 Å². The summed E-state index contributed by atoms with van der Waals surface area (Å²) in [7, 11) is 0. The quantitative estimate of drug-likeness (QED) is 0.452. The average Bonchev–Trinajstić information content (AvgIpc) is 3.17. The topological polar surface area (TPSA) is 46.4 Å². The normalized spacial score (nSPS) is 10.9. The zero-order valence-corrected chi connectivity index (χ0v) is 16.5. The molecule has 0 unspecified atom stereocenters. The van der Waals surface area contributed by atoms with E-state index in [-0.39, 0.29) is 11.7 Å². The fraction of sp³-hybridized carbons (Fsp3) is 0.130. The summed E-state index contributed by atoms with van der Waals surface area (Å²) >= 11 is 1.68. The summed E-state index contributed by atoms with van der Waals surface area (Å²) < 4.78 is 15.6. The first-order valence-electron chi connectivity index (χ1n) is 9.36. The van der Waals surface area contributed by atoms with Crippen LogP contribution in [0, 0.1) is 5.82 Å². The van der Waals surface area contributed by atoms with Gasteiger partial charge in [-0.25, -0.2) is 9.37 Å². The first-order chi connectivity index (χ1) is 14.2. The van der Waals surface area contributed by atoms with E-state index in [1.165, 1.54) is 6.07 Å². The van der Waals surface area contributed by atoms with Gasteiger partial charge in [0.2, 0.25) is 0 Å². The van der Waals surface area contributed by atoms with Crippen molar-refractivity contribution in [2.45, 2.75) is 17.1 Å². The average molecular weight is 405 g/mol. The summed E-state index contributed by atoms with van der Waals surface area (Å²) in [5, 5.41) is 2.84. The van der Waals surface area contributed by atoms with Crippen LogP contribution in [0.15, 0.2) is 84.0 Å². The molecule has 6 heteroatoms. The van der Waals surface area contributed by atoms with Gasteiger partial charge in [-0.05, 0) is 54.4 Å². The van der Waals surface area contributed by atoms with Gasteiger partial charge in [-0.3, -0.25) is 4.79 Å². The molecule has 1 amide bonds. The molecule has 2 aromatic heterocycles. The fourth-order valence-electron chi connectivity index (χ4n) is 3.03. The molecule has 29 heavy (non-hydrogen) atoms. The highest BCUT2D eigenvalue weighted by Gasteiger charge is 2.07. The number of nitrogens with zero attached hydrogens (tertiary/aromatic N) is 2. The second-order valence-electron chi connectivity index (χ2n) is 6.61. The number of carbonyl (C=O) groups excluding carboxylic acids is 1. The molecule has 0 saturated heterocycles. The molecule has 0 bridgehead atoms. The van der Waals surface area contributed by atoms with Crippen LogP contribution in [-0.4, -0.2) is 21.8 Å². The van der Waals surface area contributed by atoms with E-state index in [2.05, 4.69) is 10.3 Å². The van der Waals surface area contributed by atoms with Gasteiger partial charge in [-0.1, -0.05) is 24.3 Å². The van der Waals surface area contributed by atoms with E-state index in [0.29, 0.717) is 24.1 Å². The molecule has 2 aromatic carbocycles. The molecule has 0 fully saturated rings. The van der Waals surface area contributed by atoms with Crippen molar-refractivity contribution < 1.29 is 9.18 Å². The van der Waals surface area contributed by atoms with Crippen molar-refractivity contribution in [1.82, 2.24) is 14.7 Å². The standard InChI is InChI=1S/C23H20FN3OS/c24-21-6-2-1-5-17(21)12-13-25-23(28)18-8-10-20(11-9-18)29-16-19-15-27-14-4-3-7-22(27)26-19/h1-11,14-15H,12-13,16H2,(H,25,28). The molecule has 0 atom stereocenters. The minimum Gasteiger partial charge on any atom is -0.352 e. The van der Waals surface area contributed by atoms with Crippen LogP contribution >= 0.6 is 11.8 Å². The molecule has 1 N–H and O–H groups in total. The highest BCUT2D eigenvalue weighted by molar-refractivity contribution is 7.98. The van der Waals surface area contributed by atoms with Gasteiger partial charge in [-0.15, -0.1) is 11.8 Å². The van der Waals surface area contributed by atoms with Gasteiger partial charge < -0.3 is 9.72 Å². The van der Waals surface area contributed by atoms with Crippen LogP contribution in [0.5, 0.6) is 0 Å². The van der Waals surface area contributed by atoms with Crippen LogP contribution in [0.4, 0.5) is 4.39 Å². The summed E-state index contributed by atoms with van der Waals surface area (Å²) in [5.41, 5.74) is 3.14. The number of hydrogen-bond donors (Lipinski definition) is 1. The molecule has 0 spiro atoms. The number of benzene rings is 2. The van der Waals surface area contributed by atoms with Crippen molar-refractivity contribution in [3.63, 3.8) is 0 Å². The molecule has 0 saturated carbocycles. The Bertz CT molecular complexity index is 1090. The Morgan fingerprint density at radius 3 is 2.62 bits per heavy atom. The predicted molar refractivity (Wildman–Crippen MR) is 114 cm³/mol. The maximum atomic E-state index is 13.6. The summed E-state index contributed by atoms with van der Waals surface area (Å²) in [6.07, 6.45) is 4.47. The molecule has 0 aliphatic heterocycles. The molecular weight excluding hydrogens is 385 g/mol. The lowest BCUT2D eigenvalue weighted by Crippen LogP contribution is -2.25. The van der Waals surface area contributed by atoms with Crippen LogP contribution in [0.3, 0.4) is 0 Å². The van der Waals surface area contributed by atoms with Crippen molar-refractivity contribution in [3.8, 4) is 0 Å². The third kappa shape index (κ3) is 4.84. The molecule has 146 valence electrons. The van der Waals surface area contributed by atoms with Crippen LogP contribution < -0.4 is 5.32 Å². The lowest BCUT2D eigenvalue weighted by Gasteiger charge is -2.07. The number of nitrogens with one attached hydrogen (secondary N) is 1. The highest BCUT2D eigenvalue weighted by atomic mass is 32.2. The number of fused-ring (bicyclic) bond motifs is 1. The van der Waals surface area contributed by atoms with Crippen molar-refractivity contribution >= 4 is 23.3 Å². The number of pyridine rings is 1. The van der Waals surface area contributed by atoms with Crippen molar-refractivity contribution in [2.24, 2.45) is 0 Å². The molecule has 4 nitrogen and oxygen atoms in total. The Balaban J connectivity index is 1.29. The molecule has 4 rings (SSSR count). The third-order valence-corrected chi connectivity index (χ3v) is 5.60. The number of rotatable bonds is 7. The third-order valence-electron chi connectivity index (χ3n) is 4.55. The van der Waals surface area contributed by atoms with E-state index >= 15 is 0 Å². The molecule has 2 heterocycles. The molecule has 0 aliphatic rings. The number of imidazole rings is 1. The summed E-state index contributed by atoms with van der Waals surface area (Å²) in [5.74, 6) is 0.363. The van der Waals surface area contributed by atoms with Crippen LogP contribution in [0.25, 0.3) is 5.65 Å². The van der Waals surface area contributed by atoms with Gasteiger partial charge in [0, 0.05) is 35.2 Å². The van der Waals surface area contributed by atoms with Gasteiger partial charge in [0.05, 0.1) is 5.69 Å². The zero-order valence-electron chi connectivity index (χ0n) is 15.7. The summed E-state index contributed by atoms with van der Waals surface area (Å²) in [6, 6.07) is 20.0. The largest absolute Gasteiger partial charge is 0.352 e. The Labute approximate surface area is 172 Å². The number of carbonyl (C=O) groups is 1. The van der Waals surface area contributed by atoms with Gasteiger partial charge >= 0.3 is 0 Å². The lowest BCUT2D eigenvalue weighted by atomic mass is 10.1. The zero-order chi connectivity index (χ0) is 20.1. The smallest absolute Gasteiger partial charge is 0.251 e. The minimum atomic E-state index is -0.242. The highest BCUT2D eigenvalue weighted by Crippen LogP contribution is 2.23. The van der Waals surface area contributed by atoms with Gasteiger partial charge in [0.25, 0.3) is 5.91 Å². The number of halogens is 1. The van der Waals surface area contributed by atoms with Crippen LogP contribution in [0.1, 0.15) is 21.6 Å². The Morgan fingerprint density at radius 1 is 1.03 bits per heavy atom. The Kier molecular flexibility index (Phi) is 5.91. The second kappa shape index (κ2) is 8.92. The maximum Gasteiger partial charge on any atom is 0.251 e. The Morgan fingerprint density at radius 2 is 1.83 bits per heavy atom. The number of thioether (sulfide) groups is 1. The number of aromatic nitrogens is 2. The van der Waals surface area contributed by atoms with Gasteiger partial charge in [0.1, 0.15) is 11.5 Å². The van der Waals surface area contributed by atoms with E-state index < -0.39 is 0 Å². The Hall–Kier alpha value is -3.12. The van der Waals surface area contributed by atoms with E-state index in [4.69, 9.17) is 0 Å². The summed E-state index contributed by atoms with van der Waals surface area (Å²) in [4.78, 5) is 17.9. The molecule has 4 aromatic rings. The SMILES string of the molecule is O=C(NCCc1ccccc1F)c1ccc(SCc2cn3ccccc3n2)cc1. The predicted octanol–water partition coefficient (Wildman–Crippen LogP) is 4.74.